The summed E-state index contributed by atoms with van der Waals surface area (Å²) >= 11 is 0. The number of amides is 2. The number of nitrogens with zero attached hydrogens (tertiary/aromatic N) is 3. The molecule has 0 saturated carbocycles. The maximum Gasteiger partial charge on any atom is 0.275 e. The van der Waals surface area contributed by atoms with Gasteiger partial charge in [0.2, 0.25) is 11.8 Å². The van der Waals surface area contributed by atoms with E-state index in [0.717, 1.165) is 17.8 Å². The molecule has 0 bridgehead atoms. The average molecular weight is 475 g/mol. The number of hydrogen-bond acceptors (Lipinski definition) is 4. The number of rotatable bonds is 5. The summed E-state index contributed by atoms with van der Waals surface area (Å²) < 4.78 is 24.1. The summed E-state index contributed by atoms with van der Waals surface area (Å²) in [5.74, 6) is -0.144. The third-order valence-corrected chi connectivity index (χ3v) is 9.86. The predicted molar refractivity (Wildman–Crippen MR) is 134 cm³/mol. The molecule has 0 aromatic heterocycles. The van der Waals surface area contributed by atoms with Crippen LogP contribution in [0.2, 0.25) is 0 Å². The lowest BCUT2D eigenvalue weighted by Gasteiger charge is -2.47. The van der Waals surface area contributed by atoms with Crippen LogP contribution in [0.5, 0.6) is 5.75 Å². The second-order valence-electron chi connectivity index (χ2n) is 8.35. The Kier molecular flexibility index (Phi) is 5.88. The maximum atomic E-state index is 15.2. The third kappa shape index (κ3) is 3.66. The third-order valence-electron chi connectivity index (χ3n) is 6.40. The van der Waals surface area contributed by atoms with Gasteiger partial charge in [-0.15, -0.1) is 0 Å². The van der Waals surface area contributed by atoms with Crippen molar-refractivity contribution in [2.75, 3.05) is 34.4 Å². The van der Waals surface area contributed by atoms with E-state index in [1.807, 2.05) is 70.0 Å². The minimum absolute atomic E-state index is 0.102. The van der Waals surface area contributed by atoms with Crippen LogP contribution in [-0.4, -0.2) is 37.7 Å². The largest absolute Gasteiger partial charge is 0.497 e. The van der Waals surface area contributed by atoms with Gasteiger partial charge in [0, 0.05) is 30.9 Å². The fourth-order valence-electron chi connectivity index (χ4n) is 4.79. The highest BCUT2D eigenvalue weighted by Gasteiger charge is 2.56. The molecule has 2 heterocycles. The Morgan fingerprint density at radius 3 is 1.79 bits per heavy atom. The minimum atomic E-state index is -3.56. The molecular weight excluding hydrogens is 449 g/mol. The first-order valence-corrected chi connectivity index (χ1v) is 13.0. The number of para-hydroxylation sites is 2. The van der Waals surface area contributed by atoms with Crippen molar-refractivity contribution >= 4 is 36.3 Å². The van der Waals surface area contributed by atoms with Crippen molar-refractivity contribution in [1.29, 1.82) is 0 Å². The lowest BCUT2D eigenvalue weighted by Crippen LogP contribution is -2.46. The zero-order chi connectivity index (χ0) is 23.7. The first-order valence-electron chi connectivity index (χ1n) is 11.3. The first-order chi connectivity index (χ1) is 16.5. The number of carbonyl (C=O) groups excluding carboxylic acids is 2. The van der Waals surface area contributed by atoms with Gasteiger partial charge in [-0.25, -0.2) is 4.90 Å². The molecule has 5 rings (SSSR count). The van der Waals surface area contributed by atoms with Crippen LogP contribution in [0.25, 0.3) is 0 Å². The summed E-state index contributed by atoms with van der Waals surface area (Å²) in [7, 11) is -2.00. The van der Waals surface area contributed by atoms with Crippen molar-refractivity contribution < 1.29 is 18.9 Å². The molecular formula is C26H26N3O4P. The molecule has 8 heteroatoms. The van der Waals surface area contributed by atoms with E-state index in [4.69, 9.17) is 4.74 Å². The lowest BCUT2D eigenvalue weighted by atomic mass is 10.3. The highest BCUT2D eigenvalue weighted by molar-refractivity contribution is 7.69. The molecule has 2 amide bonds. The van der Waals surface area contributed by atoms with Crippen molar-refractivity contribution in [1.82, 2.24) is 0 Å². The lowest BCUT2D eigenvalue weighted by molar-refractivity contribution is -0.121. The van der Waals surface area contributed by atoms with Crippen LogP contribution in [0, 0.1) is 0 Å². The second kappa shape index (κ2) is 8.99. The van der Waals surface area contributed by atoms with Crippen molar-refractivity contribution in [2.24, 2.45) is 0 Å². The molecule has 2 aliphatic heterocycles. The summed E-state index contributed by atoms with van der Waals surface area (Å²) in [6.07, 6.45) is 0.680. The van der Waals surface area contributed by atoms with Gasteiger partial charge in [0.05, 0.1) is 12.8 Å². The van der Waals surface area contributed by atoms with Gasteiger partial charge >= 0.3 is 0 Å². The van der Waals surface area contributed by atoms with E-state index in [1.165, 1.54) is 4.90 Å². The van der Waals surface area contributed by atoms with Gasteiger partial charge in [0.1, 0.15) is 11.4 Å². The number of benzene rings is 3. The Morgan fingerprint density at radius 2 is 1.29 bits per heavy atom. The Hall–Kier alpha value is -3.57. The summed E-state index contributed by atoms with van der Waals surface area (Å²) in [6, 6.07) is 25.8. The minimum Gasteiger partial charge on any atom is -0.497 e. The summed E-state index contributed by atoms with van der Waals surface area (Å²) in [6.45, 7) is 1.09. The summed E-state index contributed by atoms with van der Waals surface area (Å²) in [4.78, 5) is 28.1. The fraction of sp³-hybridized carbons (Fsp3) is 0.231. The van der Waals surface area contributed by atoms with E-state index in [1.54, 1.807) is 31.4 Å². The van der Waals surface area contributed by atoms with Crippen molar-refractivity contribution in [3.05, 3.63) is 84.9 Å². The SMILES string of the molecule is COc1ccc(N2C(=O)CC(P3(=O)N(c4ccccc4)CCCN3c3ccccc3)C2=O)cc1. The molecule has 1 unspecified atom stereocenters. The maximum absolute atomic E-state index is 15.2. The molecule has 1 atom stereocenters. The Balaban J connectivity index is 1.59. The zero-order valence-electron chi connectivity index (χ0n) is 18.9. The van der Waals surface area contributed by atoms with Crippen molar-refractivity contribution in [3.8, 4) is 5.75 Å². The van der Waals surface area contributed by atoms with Crippen LogP contribution in [0.3, 0.4) is 0 Å². The molecule has 34 heavy (non-hydrogen) atoms. The summed E-state index contributed by atoms with van der Waals surface area (Å²) in [5.41, 5.74) is 1.06. The Morgan fingerprint density at radius 1 is 0.765 bits per heavy atom. The number of anilines is 3. The van der Waals surface area contributed by atoms with Gasteiger partial charge < -0.3 is 14.1 Å². The molecule has 174 valence electrons. The first kappa shape index (κ1) is 22.2. The van der Waals surface area contributed by atoms with Gasteiger partial charge in [0.25, 0.3) is 7.44 Å². The molecule has 2 saturated heterocycles. The van der Waals surface area contributed by atoms with Crippen LogP contribution in [0.1, 0.15) is 12.8 Å². The molecule has 0 aliphatic carbocycles. The van der Waals surface area contributed by atoms with Crippen LogP contribution in [-0.2, 0) is 14.2 Å². The van der Waals surface area contributed by atoms with E-state index in [9.17, 15) is 9.59 Å². The fourth-order valence-corrected chi connectivity index (χ4v) is 8.31. The molecule has 0 radical (unpaired) electrons. The standard InChI is InChI=1S/C26H26N3O4P/c1-33-23-15-13-22(14-16-23)29-25(30)19-24(26(29)31)34(32)27(20-9-4-2-5-10-20)17-8-18-28(34)21-11-6-3-7-12-21/h2-7,9-16,24H,8,17-19H2,1H3. The molecule has 3 aromatic rings. The van der Waals surface area contributed by atoms with Gasteiger partial charge in [-0.05, 0) is 55.0 Å². The van der Waals surface area contributed by atoms with Crippen LogP contribution >= 0.6 is 7.44 Å². The molecule has 0 spiro atoms. The van der Waals surface area contributed by atoms with Gasteiger partial charge in [-0.2, -0.15) is 0 Å². The topological polar surface area (TPSA) is 70.2 Å². The number of ether oxygens (including phenoxy) is 1. The van der Waals surface area contributed by atoms with E-state index in [-0.39, 0.29) is 12.3 Å². The van der Waals surface area contributed by atoms with Gasteiger partial charge in [-0.3, -0.25) is 14.2 Å². The highest BCUT2D eigenvalue weighted by atomic mass is 31.2. The molecule has 0 N–H and O–H groups in total. The number of methoxy groups -OCH3 is 1. The Labute approximate surface area is 199 Å². The van der Waals surface area contributed by atoms with Crippen molar-refractivity contribution in [3.63, 3.8) is 0 Å². The monoisotopic (exact) mass is 475 g/mol. The van der Waals surface area contributed by atoms with Crippen LogP contribution in [0.4, 0.5) is 17.1 Å². The van der Waals surface area contributed by atoms with E-state index >= 15 is 4.57 Å². The van der Waals surface area contributed by atoms with Gasteiger partial charge in [-0.1, -0.05) is 36.4 Å². The van der Waals surface area contributed by atoms with Gasteiger partial charge in [0.15, 0.2) is 0 Å². The summed E-state index contributed by atoms with van der Waals surface area (Å²) in [5, 5.41) is 0. The van der Waals surface area contributed by atoms with E-state index < -0.39 is 19.0 Å². The number of hydrogen-bond donors (Lipinski definition) is 0. The molecule has 3 aromatic carbocycles. The quantitative estimate of drug-likeness (QED) is 0.385. The van der Waals surface area contributed by atoms with E-state index in [0.29, 0.717) is 24.5 Å². The molecule has 7 nitrogen and oxygen atoms in total. The normalized spacial score (nSPS) is 20.0. The highest BCUT2D eigenvalue weighted by Crippen LogP contribution is 2.64. The predicted octanol–water partition coefficient (Wildman–Crippen LogP) is 4.94. The molecule has 2 fully saturated rings. The Bertz CT molecular complexity index is 1180. The van der Waals surface area contributed by atoms with Crippen LogP contribution in [0.15, 0.2) is 84.9 Å². The van der Waals surface area contributed by atoms with Crippen LogP contribution < -0.4 is 19.0 Å². The van der Waals surface area contributed by atoms with E-state index in [2.05, 4.69) is 0 Å². The number of carbonyl (C=O) groups is 2. The zero-order valence-corrected chi connectivity index (χ0v) is 19.8. The smallest absolute Gasteiger partial charge is 0.275 e. The average Bonchev–Trinajstić information content (AvgIpc) is 3.19. The second-order valence-corrected chi connectivity index (χ2v) is 11.1. The van der Waals surface area contributed by atoms with Crippen molar-refractivity contribution in [2.45, 2.75) is 18.5 Å². The molecule has 2 aliphatic rings. The number of imide groups is 1.